The second-order valence-electron chi connectivity index (χ2n) is 4.40. The van der Waals surface area contributed by atoms with Gasteiger partial charge < -0.3 is 16.0 Å². The summed E-state index contributed by atoms with van der Waals surface area (Å²) in [6, 6.07) is 7.25. The van der Waals surface area contributed by atoms with E-state index in [-0.39, 0.29) is 11.9 Å². The van der Waals surface area contributed by atoms with Crippen molar-refractivity contribution in [3.63, 3.8) is 0 Å². The maximum absolute atomic E-state index is 12.4. The van der Waals surface area contributed by atoms with Crippen LogP contribution in [0.3, 0.4) is 0 Å². The van der Waals surface area contributed by atoms with Crippen molar-refractivity contribution in [1.29, 1.82) is 5.41 Å². The Bertz CT molecular complexity index is 500. The number of carbonyl (C=O) groups is 1. The smallest absolute Gasteiger partial charge is 0.256 e. The van der Waals surface area contributed by atoms with E-state index in [1.807, 2.05) is 12.1 Å². The maximum Gasteiger partial charge on any atom is 0.256 e. The van der Waals surface area contributed by atoms with E-state index >= 15 is 0 Å². The largest absolute Gasteiger partial charge is 0.337 e. The minimum atomic E-state index is -0.0406. The number of benzene rings is 1. The molecule has 1 saturated heterocycles. The molecular weight excluding hydrogens is 242 g/mol. The van der Waals surface area contributed by atoms with Crippen LogP contribution in [0.5, 0.6) is 0 Å². The van der Waals surface area contributed by atoms with E-state index in [1.165, 1.54) is 6.21 Å². The molecule has 1 aliphatic heterocycles. The van der Waals surface area contributed by atoms with Gasteiger partial charge in [-0.05, 0) is 18.6 Å². The van der Waals surface area contributed by atoms with E-state index in [2.05, 4.69) is 10.5 Å². The summed E-state index contributed by atoms with van der Waals surface area (Å²) in [6.45, 7) is 1.29. The number of para-hydroxylation sites is 1. The predicted molar refractivity (Wildman–Crippen MR) is 75.8 cm³/mol. The van der Waals surface area contributed by atoms with E-state index in [0.717, 1.165) is 12.6 Å². The van der Waals surface area contributed by atoms with Crippen molar-refractivity contribution in [2.24, 2.45) is 10.8 Å². The van der Waals surface area contributed by atoms with Crippen LogP contribution in [-0.2, 0) is 0 Å². The monoisotopic (exact) mass is 259 g/mol. The number of carbonyl (C=O) groups excluding carboxylic acids is 1. The number of anilines is 1. The average Bonchev–Trinajstić information content (AvgIpc) is 2.85. The Morgan fingerprint density at radius 1 is 1.53 bits per heavy atom. The molecule has 1 fully saturated rings. The zero-order valence-electron chi connectivity index (χ0n) is 10.5. The van der Waals surface area contributed by atoms with E-state index in [0.29, 0.717) is 24.3 Å². The molecule has 0 bridgehead atoms. The first kappa shape index (κ1) is 13.2. The van der Waals surface area contributed by atoms with Gasteiger partial charge in [0.2, 0.25) is 0 Å². The average molecular weight is 259 g/mol. The number of hydrazone groups is 1. The first-order valence-corrected chi connectivity index (χ1v) is 6.14. The van der Waals surface area contributed by atoms with Gasteiger partial charge in [-0.25, -0.2) is 0 Å². The van der Waals surface area contributed by atoms with Crippen LogP contribution >= 0.6 is 0 Å². The number of rotatable bonds is 4. The number of likely N-dealkylation sites (tertiary alicyclic amines) is 1. The molecule has 0 aromatic heterocycles. The summed E-state index contributed by atoms with van der Waals surface area (Å²) in [5.74, 6) is -0.0406. The Morgan fingerprint density at radius 2 is 2.32 bits per heavy atom. The van der Waals surface area contributed by atoms with Crippen molar-refractivity contribution in [3.8, 4) is 0 Å². The molecule has 0 aliphatic carbocycles. The lowest BCUT2D eigenvalue weighted by Crippen LogP contribution is -2.32. The lowest BCUT2D eigenvalue weighted by molar-refractivity contribution is 0.0792. The lowest BCUT2D eigenvalue weighted by atomic mass is 10.1. The molecule has 2 rings (SSSR count). The summed E-state index contributed by atoms with van der Waals surface area (Å²) in [7, 11) is 0. The minimum absolute atomic E-state index is 0.0406. The molecule has 100 valence electrons. The summed E-state index contributed by atoms with van der Waals surface area (Å²) in [5, 5.41) is 10.7. The molecule has 1 heterocycles. The fraction of sp³-hybridized carbons (Fsp3) is 0.308. The predicted octanol–water partition coefficient (Wildman–Crippen LogP) is 0.907. The van der Waals surface area contributed by atoms with Gasteiger partial charge in [-0.3, -0.25) is 10.2 Å². The fourth-order valence-electron chi connectivity index (χ4n) is 2.05. The van der Waals surface area contributed by atoms with Crippen LogP contribution in [0.1, 0.15) is 16.8 Å². The van der Waals surface area contributed by atoms with Crippen LogP contribution in [0.2, 0.25) is 0 Å². The molecule has 0 radical (unpaired) electrons. The molecule has 1 atom stereocenters. The zero-order valence-corrected chi connectivity index (χ0v) is 10.5. The van der Waals surface area contributed by atoms with Gasteiger partial charge in [0.05, 0.1) is 17.5 Å². The Labute approximate surface area is 111 Å². The van der Waals surface area contributed by atoms with Gasteiger partial charge in [-0.15, -0.1) is 0 Å². The van der Waals surface area contributed by atoms with Crippen molar-refractivity contribution in [1.82, 2.24) is 4.90 Å². The van der Waals surface area contributed by atoms with Crippen LogP contribution in [0.15, 0.2) is 29.4 Å². The number of hydrogen-bond acceptors (Lipinski definition) is 5. The minimum Gasteiger partial charge on any atom is -0.337 e. The summed E-state index contributed by atoms with van der Waals surface area (Å²) in [5.41, 5.74) is 9.79. The SMILES string of the molecule is N=C/C=N\Nc1ccccc1C(=O)N1CC[C@@H](N)C1. The highest BCUT2D eigenvalue weighted by Crippen LogP contribution is 2.19. The summed E-state index contributed by atoms with van der Waals surface area (Å²) < 4.78 is 0. The van der Waals surface area contributed by atoms with Gasteiger partial charge in [0.25, 0.3) is 5.91 Å². The zero-order chi connectivity index (χ0) is 13.7. The molecule has 1 aromatic rings. The quantitative estimate of drug-likeness (QED) is 0.554. The topological polar surface area (TPSA) is 94.6 Å². The molecule has 0 saturated carbocycles. The summed E-state index contributed by atoms with van der Waals surface area (Å²) in [6.07, 6.45) is 3.22. The number of nitrogens with one attached hydrogen (secondary N) is 2. The van der Waals surface area contributed by atoms with Gasteiger partial charge >= 0.3 is 0 Å². The van der Waals surface area contributed by atoms with E-state index in [9.17, 15) is 4.79 Å². The van der Waals surface area contributed by atoms with E-state index in [4.69, 9.17) is 11.1 Å². The van der Waals surface area contributed by atoms with Crippen molar-refractivity contribution in [2.75, 3.05) is 18.5 Å². The van der Waals surface area contributed by atoms with Crippen LogP contribution in [0.25, 0.3) is 0 Å². The Balaban J connectivity index is 2.16. The standard InChI is InChI=1S/C13H17N5O/c14-6-7-16-17-12-4-2-1-3-11(12)13(19)18-8-5-10(15)9-18/h1-4,6-7,10,14,17H,5,8-9,15H2/b14-6?,16-7-/t10-/m1/s1. The highest BCUT2D eigenvalue weighted by Gasteiger charge is 2.25. The fourth-order valence-corrected chi connectivity index (χ4v) is 2.05. The van der Waals surface area contributed by atoms with Gasteiger partial charge in [0, 0.05) is 25.3 Å². The first-order chi connectivity index (χ1) is 9.22. The van der Waals surface area contributed by atoms with Crippen LogP contribution < -0.4 is 11.2 Å². The Hall–Kier alpha value is -2.21. The molecular formula is C13H17N5O. The number of hydrogen-bond donors (Lipinski definition) is 3. The molecule has 1 aromatic carbocycles. The van der Waals surface area contributed by atoms with Gasteiger partial charge in [-0.1, -0.05) is 12.1 Å². The molecule has 0 spiro atoms. The van der Waals surface area contributed by atoms with Gasteiger partial charge in [0.1, 0.15) is 0 Å². The number of nitrogens with two attached hydrogens (primary N) is 1. The van der Waals surface area contributed by atoms with Crippen LogP contribution in [0, 0.1) is 5.41 Å². The third-order valence-electron chi connectivity index (χ3n) is 3.00. The van der Waals surface area contributed by atoms with Crippen molar-refractivity contribution in [2.45, 2.75) is 12.5 Å². The highest BCUT2D eigenvalue weighted by atomic mass is 16.2. The normalized spacial score (nSPS) is 18.8. The summed E-state index contributed by atoms with van der Waals surface area (Å²) >= 11 is 0. The van der Waals surface area contributed by atoms with Crippen molar-refractivity contribution >= 4 is 24.0 Å². The third-order valence-corrected chi connectivity index (χ3v) is 3.00. The molecule has 1 amide bonds. The van der Waals surface area contributed by atoms with Crippen molar-refractivity contribution < 1.29 is 4.79 Å². The second-order valence-corrected chi connectivity index (χ2v) is 4.40. The molecule has 4 N–H and O–H groups in total. The molecule has 1 aliphatic rings. The molecule has 6 heteroatoms. The van der Waals surface area contributed by atoms with E-state index in [1.54, 1.807) is 17.0 Å². The van der Waals surface area contributed by atoms with Crippen LogP contribution in [0.4, 0.5) is 5.69 Å². The number of amides is 1. The van der Waals surface area contributed by atoms with Crippen molar-refractivity contribution in [3.05, 3.63) is 29.8 Å². The summed E-state index contributed by atoms with van der Waals surface area (Å²) in [4.78, 5) is 14.1. The maximum atomic E-state index is 12.4. The Morgan fingerprint density at radius 3 is 3.00 bits per heavy atom. The Kier molecular flexibility index (Phi) is 4.25. The third kappa shape index (κ3) is 3.17. The molecule has 0 unspecified atom stereocenters. The number of nitrogens with zero attached hydrogens (tertiary/aromatic N) is 2. The first-order valence-electron chi connectivity index (χ1n) is 6.14. The molecule has 19 heavy (non-hydrogen) atoms. The van der Waals surface area contributed by atoms with E-state index < -0.39 is 0 Å². The van der Waals surface area contributed by atoms with Gasteiger partial charge in [0.15, 0.2) is 0 Å². The van der Waals surface area contributed by atoms with Gasteiger partial charge in [-0.2, -0.15) is 5.10 Å². The van der Waals surface area contributed by atoms with Crippen LogP contribution in [-0.4, -0.2) is 42.4 Å². The molecule has 6 nitrogen and oxygen atoms in total. The highest BCUT2D eigenvalue weighted by molar-refractivity contribution is 6.14. The second kappa shape index (κ2) is 6.10. The lowest BCUT2D eigenvalue weighted by Gasteiger charge is -2.17.